The normalized spacial score (nSPS) is 20.8. The molecule has 1 fully saturated rings. The summed E-state index contributed by atoms with van der Waals surface area (Å²) in [6.45, 7) is 2.90. The zero-order valence-electron chi connectivity index (χ0n) is 15.9. The van der Waals surface area contributed by atoms with Crippen LogP contribution in [0.25, 0.3) is 0 Å². The van der Waals surface area contributed by atoms with E-state index in [1.807, 2.05) is 18.2 Å². The molecule has 0 spiro atoms. The number of nitrogen functional groups attached to an aromatic ring is 1. The molecular formula is C22H26FN3O2. The van der Waals surface area contributed by atoms with Gasteiger partial charge in [-0.15, -0.1) is 0 Å². The second-order valence-electron chi connectivity index (χ2n) is 7.82. The van der Waals surface area contributed by atoms with Gasteiger partial charge in [0.2, 0.25) is 0 Å². The summed E-state index contributed by atoms with van der Waals surface area (Å²) < 4.78 is 13.0. The lowest BCUT2D eigenvalue weighted by atomic mass is 9.90. The fourth-order valence-electron chi connectivity index (χ4n) is 4.02. The molecule has 5 nitrogen and oxygen atoms in total. The molecule has 2 aromatic rings. The molecule has 2 aliphatic rings. The Bertz CT molecular complexity index is 845. The molecule has 2 heterocycles. The van der Waals surface area contributed by atoms with E-state index in [2.05, 4.69) is 10.1 Å². The minimum Gasteiger partial charge on any atom is -0.506 e. The minimum absolute atomic E-state index is 0.0813. The molecule has 0 bridgehead atoms. The van der Waals surface area contributed by atoms with Gasteiger partial charge in [0.1, 0.15) is 11.6 Å². The van der Waals surface area contributed by atoms with Crippen LogP contribution >= 0.6 is 0 Å². The molecule has 1 atom stereocenters. The lowest BCUT2D eigenvalue weighted by Gasteiger charge is -2.31. The van der Waals surface area contributed by atoms with Crippen LogP contribution in [-0.4, -0.2) is 35.4 Å². The Morgan fingerprint density at radius 2 is 1.89 bits per heavy atom. The molecule has 0 amide bonds. The van der Waals surface area contributed by atoms with Crippen LogP contribution in [0.4, 0.5) is 10.1 Å². The summed E-state index contributed by atoms with van der Waals surface area (Å²) in [6.07, 6.45) is 3.87. The van der Waals surface area contributed by atoms with E-state index in [9.17, 15) is 9.50 Å². The number of aromatic hydroxyl groups is 1. The molecule has 1 unspecified atom stereocenters. The zero-order valence-corrected chi connectivity index (χ0v) is 15.9. The van der Waals surface area contributed by atoms with Crippen molar-refractivity contribution in [3.63, 3.8) is 0 Å². The van der Waals surface area contributed by atoms with Crippen LogP contribution < -0.4 is 5.73 Å². The molecule has 0 aromatic heterocycles. The first-order chi connectivity index (χ1) is 13.6. The van der Waals surface area contributed by atoms with E-state index < -0.39 is 0 Å². The van der Waals surface area contributed by atoms with Crippen LogP contribution in [0.1, 0.15) is 36.5 Å². The van der Waals surface area contributed by atoms with Crippen LogP contribution in [0, 0.1) is 11.7 Å². The highest BCUT2D eigenvalue weighted by Crippen LogP contribution is 2.32. The van der Waals surface area contributed by atoms with Crippen molar-refractivity contribution in [1.82, 2.24) is 4.90 Å². The molecule has 6 heteroatoms. The number of piperidine rings is 1. The first-order valence-electron chi connectivity index (χ1n) is 9.83. The summed E-state index contributed by atoms with van der Waals surface area (Å²) in [6, 6.07) is 12.1. The third-order valence-corrected chi connectivity index (χ3v) is 5.71. The Morgan fingerprint density at radius 3 is 2.61 bits per heavy atom. The first-order valence-corrected chi connectivity index (χ1v) is 9.83. The maximum atomic E-state index is 13.0. The lowest BCUT2D eigenvalue weighted by molar-refractivity contribution is 0.0855. The van der Waals surface area contributed by atoms with Crippen LogP contribution in [0.5, 0.6) is 5.75 Å². The molecule has 0 aliphatic carbocycles. The molecule has 1 saturated heterocycles. The van der Waals surface area contributed by atoms with E-state index >= 15 is 0 Å². The molecule has 0 radical (unpaired) electrons. The number of rotatable bonds is 5. The van der Waals surface area contributed by atoms with E-state index in [4.69, 9.17) is 10.6 Å². The van der Waals surface area contributed by atoms with Gasteiger partial charge in [0.25, 0.3) is 0 Å². The Morgan fingerprint density at radius 1 is 1.14 bits per heavy atom. The second-order valence-corrected chi connectivity index (χ2v) is 7.82. The number of phenolic OH excluding ortho intramolecular Hbond substituents is 1. The Hall–Kier alpha value is -2.60. The van der Waals surface area contributed by atoms with Crippen LogP contribution in [0.15, 0.2) is 47.6 Å². The summed E-state index contributed by atoms with van der Waals surface area (Å²) in [5.41, 5.74) is 9.17. The van der Waals surface area contributed by atoms with E-state index in [0.29, 0.717) is 11.6 Å². The molecule has 2 aromatic carbocycles. The summed E-state index contributed by atoms with van der Waals surface area (Å²) >= 11 is 0. The number of nitrogens with zero attached hydrogens (tertiary/aromatic N) is 2. The Kier molecular flexibility index (Phi) is 5.48. The first kappa shape index (κ1) is 18.7. The van der Waals surface area contributed by atoms with Crippen molar-refractivity contribution in [3.05, 3.63) is 59.4 Å². The van der Waals surface area contributed by atoms with Gasteiger partial charge in [-0.05, 0) is 73.7 Å². The molecule has 2 aliphatic heterocycles. The highest BCUT2D eigenvalue weighted by molar-refractivity contribution is 5.87. The maximum Gasteiger partial charge on any atom is 0.158 e. The van der Waals surface area contributed by atoms with E-state index in [1.165, 1.54) is 5.56 Å². The SMILES string of the molecule is Nc1ccc(C2CC(CN3CCC(Cc4ccc(F)cc4)CC3)=NO2)cc1O. The van der Waals surface area contributed by atoms with Gasteiger partial charge in [0.15, 0.2) is 6.10 Å². The maximum absolute atomic E-state index is 13.0. The molecule has 4 rings (SSSR count). The number of likely N-dealkylation sites (tertiary alicyclic amines) is 1. The van der Waals surface area contributed by atoms with Crippen LogP contribution in [0.3, 0.4) is 0 Å². The predicted molar refractivity (Wildman–Crippen MR) is 108 cm³/mol. The van der Waals surface area contributed by atoms with Crippen molar-refractivity contribution in [2.75, 3.05) is 25.4 Å². The van der Waals surface area contributed by atoms with Gasteiger partial charge in [-0.1, -0.05) is 23.4 Å². The van der Waals surface area contributed by atoms with Crippen LogP contribution in [0.2, 0.25) is 0 Å². The van der Waals surface area contributed by atoms with Gasteiger partial charge in [-0.25, -0.2) is 4.39 Å². The van der Waals surface area contributed by atoms with Gasteiger partial charge in [0.05, 0.1) is 11.4 Å². The Labute approximate surface area is 164 Å². The van der Waals surface area contributed by atoms with Crippen molar-refractivity contribution < 1.29 is 14.3 Å². The third kappa shape index (κ3) is 4.44. The fourth-order valence-corrected chi connectivity index (χ4v) is 4.02. The average molecular weight is 383 g/mol. The molecule has 28 heavy (non-hydrogen) atoms. The van der Waals surface area contributed by atoms with Crippen molar-refractivity contribution >= 4 is 11.4 Å². The summed E-state index contributed by atoms with van der Waals surface area (Å²) in [7, 11) is 0. The van der Waals surface area contributed by atoms with E-state index in [0.717, 1.165) is 56.6 Å². The average Bonchev–Trinajstić information content (AvgIpc) is 3.16. The molecule has 3 N–H and O–H groups in total. The number of benzene rings is 2. The number of halogens is 1. The fraction of sp³-hybridized carbons (Fsp3) is 0.409. The monoisotopic (exact) mass is 383 g/mol. The standard InChI is InChI=1S/C22H26FN3O2/c23-18-4-1-15(2-5-18)11-16-7-9-26(10-8-16)14-19-13-22(28-25-19)17-3-6-20(24)21(27)12-17/h1-6,12,16,22,27H,7-11,13-14,24H2. The highest BCUT2D eigenvalue weighted by Gasteiger charge is 2.26. The quantitative estimate of drug-likeness (QED) is 0.607. The highest BCUT2D eigenvalue weighted by atomic mass is 19.1. The number of hydrogen-bond acceptors (Lipinski definition) is 5. The van der Waals surface area contributed by atoms with Gasteiger partial charge in [0, 0.05) is 13.0 Å². The second kappa shape index (κ2) is 8.19. The van der Waals surface area contributed by atoms with Gasteiger partial charge < -0.3 is 15.7 Å². The summed E-state index contributed by atoms with van der Waals surface area (Å²) in [5.74, 6) is 0.553. The topological polar surface area (TPSA) is 71.1 Å². The minimum atomic E-state index is -0.175. The third-order valence-electron chi connectivity index (χ3n) is 5.71. The zero-order chi connectivity index (χ0) is 19.5. The number of nitrogens with two attached hydrogens (primary N) is 1. The van der Waals surface area contributed by atoms with Crippen molar-refractivity contribution in [1.29, 1.82) is 0 Å². The Balaban J connectivity index is 1.24. The number of oxime groups is 1. The number of anilines is 1. The predicted octanol–water partition coefficient (Wildman–Crippen LogP) is 3.89. The number of phenols is 1. The van der Waals surface area contributed by atoms with Crippen molar-refractivity contribution in [2.24, 2.45) is 11.1 Å². The largest absolute Gasteiger partial charge is 0.506 e. The number of hydrogen-bond donors (Lipinski definition) is 2. The molecular weight excluding hydrogens is 357 g/mol. The summed E-state index contributed by atoms with van der Waals surface area (Å²) in [4.78, 5) is 8.00. The van der Waals surface area contributed by atoms with Crippen molar-refractivity contribution in [2.45, 2.75) is 31.8 Å². The van der Waals surface area contributed by atoms with E-state index in [1.54, 1.807) is 24.3 Å². The van der Waals surface area contributed by atoms with Gasteiger partial charge in [-0.3, -0.25) is 4.90 Å². The molecule has 0 saturated carbocycles. The smallest absolute Gasteiger partial charge is 0.158 e. The van der Waals surface area contributed by atoms with Crippen LogP contribution in [-0.2, 0) is 11.3 Å². The van der Waals surface area contributed by atoms with Gasteiger partial charge >= 0.3 is 0 Å². The summed E-state index contributed by atoms with van der Waals surface area (Å²) in [5, 5.41) is 14.0. The van der Waals surface area contributed by atoms with E-state index in [-0.39, 0.29) is 17.7 Å². The molecule has 148 valence electrons. The van der Waals surface area contributed by atoms with Crippen molar-refractivity contribution in [3.8, 4) is 5.75 Å². The van der Waals surface area contributed by atoms with Gasteiger partial charge in [-0.2, -0.15) is 0 Å². The lowest BCUT2D eigenvalue weighted by Crippen LogP contribution is -2.37.